The summed E-state index contributed by atoms with van der Waals surface area (Å²) < 4.78 is 5.25. The smallest absolute Gasteiger partial charge is 0.318 e. The third kappa shape index (κ3) is 4.78. The summed E-state index contributed by atoms with van der Waals surface area (Å²) in [7, 11) is 1.53. The Morgan fingerprint density at radius 1 is 1.17 bits per heavy atom. The number of carboxylic acids is 2. The predicted molar refractivity (Wildman–Crippen MR) is 114 cm³/mol. The number of aromatic amines is 1. The Morgan fingerprint density at radius 2 is 1.87 bits per heavy atom. The Labute approximate surface area is 173 Å². The quantitative estimate of drug-likeness (QED) is 0.405. The van der Waals surface area contributed by atoms with Crippen LogP contribution in [0.15, 0.2) is 36.5 Å². The number of benzene rings is 1. The fraction of sp³-hybridized carbons (Fsp3) is 0.227. The number of ether oxygens (including phenoxy) is 1. The topological polar surface area (TPSA) is 129 Å². The lowest BCUT2D eigenvalue weighted by Gasteiger charge is -2.06. The number of carbonyl (C=O) groups is 3. The molecule has 0 saturated heterocycles. The van der Waals surface area contributed by atoms with Crippen LogP contribution < -0.4 is 10.1 Å². The molecule has 0 spiro atoms. The van der Waals surface area contributed by atoms with E-state index in [1.165, 1.54) is 13.2 Å². The van der Waals surface area contributed by atoms with Gasteiger partial charge in [0.2, 0.25) is 0 Å². The lowest BCUT2D eigenvalue weighted by molar-refractivity contribution is -0.154. The van der Waals surface area contributed by atoms with Gasteiger partial charge in [-0.05, 0) is 30.2 Å². The number of carbonyl (C=O) groups excluding carboxylic acids is 1. The summed E-state index contributed by atoms with van der Waals surface area (Å²) in [5.41, 5.74) is 3.00. The highest BCUT2D eigenvalue weighted by Crippen LogP contribution is 2.37. The van der Waals surface area contributed by atoms with Gasteiger partial charge in [0.05, 0.1) is 18.4 Å². The normalized spacial score (nSPS) is 13.7. The van der Waals surface area contributed by atoms with Crippen molar-refractivity contribution in [1.82, 2.24) is 4.98 Å². The first-order valence-electron chi connectivity index (χ1n) is 9.42. The molecule has 1 aliphatic heterocycles. The van der Waals surface area contributed by atoms with E-state index in [2.05, 4.69) is 10.3 Å². The zero-order chi connectivity index (χ0) is 22.3. The summed E-state index contributed by atoms with van der Waals surface area (Å²) >= 11 is 0. The highest BCUT2D eigenvalue weighted by atomic mass is 16.5. The third-order valence-corrected chi connectivity index (χ3v) is 4.37. The molecule has 0 fully saturated rings. The first kappa shape index (κ1) is 22.5. The van der Waals surface area contributed by atoms with Crippen molar-refractivity contribution < 1.29 is 29.3 Å². The number of H-pyrrole nitrogens is 1. The maximum Gasteiger partial charge on any atom is 0.318 e. The van der Waals surface area contributed by atoms with Crippen molar-refractivity contribution in [2.75, 3.05) is 12.4 Å². The van der Waals surface area contributed by atoms with Crippen LogP contribution >= 0.6 is 0 Å². The zero-order valence-corrected chi connectivity index (χ0v) is 16.9. The van der Waals surface area contributed by atoms with Crippen molar-refractivity contribution in [3.05, 3.63) is 53.4 Å². The minimum atomic E-state index is -1.52. The van der Waals surface area contributed by atoms with E-state index in [0.29, 0.717) is 33.8 Å². The van der Waals surface area contributed by atoms with E-state index in [1.807, 2.05) is 13.8 Å². The van der Waals surface area contributed by atoms with E-state index >= 15 is 0 Å². The first-order valence-corrected chi connectivity index (χ1v) is 9.42. The summed E-state index contributed by atoms with van der Waals surface area (Å²) in [5, 5.41) is 20.7. The molecule has 0 bridgehead atoms. The number of amides is 1. The van der Waals surface area contributed by atoms with Gasteiger partial charge >= 0.3 is 11.9 Å². The van der Waals surface area contributed by atoms with Crippen molar-refractivity contribution in [2.24, 2.45) is 5.92 Å². The number of aliphatic carboxylic acids is 2. The number of methoxy groups -OCH3 is 1. The number of aromatic nitrogens is 1. The van der Waals surface area contributed by atoms with Crippen molar-refractivity contribution in [3.8, 4) is 5.75 Å². The van der Waals surface area contributed by atoms with Crippen molar-refractivity contribution >= 4 is 41.3 Å². The molecular weight excluding hydrogens is 388 g/mol. The van der Waals surface area contributed by atoms with Crippen LogP contribution in [0.4, 0.5) is 5.69 Å². The second-order valence-corrected chi connectivity index (χ2v) is 6.11. The molecule has 0 saturated carbocycles. The minimum Gasteiger partial charge on any atom is -0.495 e. The summed E-state index contributed by atoms with van der Waals surface area (Å²) in [6, 6.07) is 7.02. The van der Waals surface area contributed by atoms with Gasteiger partial charge in [-0.3, -0.25) is 14.4 Å². The molecule has 0 atom stereocenters. The largest absolute Gasteiger partial charge is 0.495 e. The minimum absolute atomic E-state index is 0.167. The molecule has 4 N–H and O–H groups in total. The van der Waals surface area contributed by atoms with Gasteiger partial charge in [-0.2, -0.15) is 0 Å². The van der Waals surface area contributed by atoms with E-state index in [-0.39, 0.29) is 12.3 Å². The molecule has 0 unspecified atom stereocenters. The average molecular weight is 412 g/mol. The molecule has 8 heteroatoms. The number of hydrogen-bond acceptors (Lipinski definition) is 4. The van der Waals surface area contributed by atoms with E-state index in [1.54, 1.807) is 42.6 Å². The van der Waals surface area contributed by atoms with E-state index in [0.717, 1.165) is 0 Å². The van der Waals surface area contributed by atoms with Gasteiger partial charge in [0, 0.05) is 17.4 Å². The molecule has 1 amide bonds. The summed E-state index contributed by atoms with van der Waals surface area (Å²) in [5.74, 6) is -4.00. The molecule has 1 aliphatic rings. The van der Waals surface area contributed by atoms with Gasteiger partial charge in [0.15, 0.2) is 5.92 Å². The lowest BCUT2D eigenvalue weighted by atomic mass is 9.98. The Morgan fingerprint density at radius 3 is 2.50 bits per heavy atom. The van der Waals surface area contributed by atoms with Gasteiger partial charge in [-0.15, -0.1) is 0 Å². The average Bonchev–Trinajstić information content (AvgIpc) is 3.30. The van der Waals surface area contributed by atoms with Gasteiger partial charge < -0.3 is 25.3 Å². The van der Waals surface area contributed by atoms with Crippen LogP contribution in [0.2, 0.25) is 0 Å². The molecule has 1 aromatic heterocycles. The highest BCUT2D eigenvalue weighted by molar-refractivity contribution is 6.35. The molecule has 2 aromatic rings. The lowest BCUT2D eigenvalue weighted by Crippen LogP contribution is -2.22. The standard InChI is InChI=1S/C20H18N2O6.C2H6/c1-28-16-8-9-21-15(16)10-13-17-11(5-3-7-14(17)22-18(13)23)4-2-6-12(19(24)25)20(26)27;1-2/h2-5,7-10,12,21H,6H2,1H3,(H,22,23)(H,24,25)(H,26,27);1-2H3/b4-2?,13-10-;. The van der Waals surface area contributed by atoms with Crippen molar-refractivity contribution in [1.29, 1.82) is 0 Å². The number of fused-ring (bicyclic) bond motifs is 1. The zero-order valence-electron chi connectivity index (χ0n) is 16.9. The van der Waals surface area contributed by atoms with Crippen LogP contribution in [-0.2, 0) is 14.4 Å². The number of carboxylic acid groups (broad SMARTS) is 2. The summed E-state index contributed by atoms with van der Waals surface area (Å²) in [6.45, 7) is 4.00. The molecule has 30 heavy (non-hydrogen) atoms. The van der Waals surface area contributed by atoms with Gasteiger partial charge in [-0.1, -0.05) is 38.1 Å². The maximum absolute atomic E-state index is 12.5. The summed E-state index contributed by atoms with van der Waals surface area (Å²) in [4.78, 5) is 37.5. The van der Waals surface area contributed by atoms with Crippen LogP contribution in [0, 0.1) is 5.92 Å². The second kappa shape index (κ2) is 10.1. The first-order chi connectivity index (χ1) is 14.4. The second-order valence-electron chi connectivity index (χ2n) is 6.11. The molecule has 158 valence electrons. The Balaban J connectivity index is 0.00000155. The van der Waals surface area contributed by atoms with Crippen LogP contribution in [-0.4, -0.2) is 40.2 Å². The van der Waals surface area contributed by atoms with Crippen molar-refractivity contribution in [3.63, 3.8) is 0 Å². The fourth-order valence-corrected chi connectivity index (χ4v) is 3.00. The fourth-order valence-electron chi connectivity index (χ4n) is 3.00. The van der Waals surface area contributed by atoms with Crippen molar-refractivity contribution in [2.45, 2.75) is 20.3 Å². The van der Waals surface area contributed by atoms with E-state index < -0.39 is 17.9 Å². The van der Waals surface area contributed by atoms with E-state index in [9.17, 15) is 14.4 Å². The third-order valence-electron chi connectivity index (χ3n) is 4.37. The number of rotatable bonds is 7. The molecule has 1 aromatic carbocycles. The van der Waals surface area contributed by atoms with Crippen LogP contribution in [0.5, 0.6) is 5.75 Å². The number of nitrogens with one attached hydrogen (secondary N) is 2. The van der Waals surface area contributed by atoms with Gasteiger partial charge in [-0.25, -0.2) is 0 Å². The molecule has 0 aliphatic carbocycles. The number of allylic oxidation sites excluding steroid dienone is 1. The van der Waals surface area contributed by atoms with Crippen LogP contribution in [0.1, 0.15) is 37.1 Å². The molecule has 2 heterocycles. The maximum atomic E-state index is 12.5. The molecule has 0 radical (unpaired) electrons. The number of anilines is 1. The summed E-state index contributed by atoms with van der Waals surface area (Å²) in [6.07, 6.45) is 6.31. The number of hydrogen-bond donors (Lipinski definition) is 4. The SMILES string of the molecule is CC.COc1cc[nH]c1/C=C1\C(=O)Nc2cccc(C=CCC(C(=O)O)C(=O)O)c21. The Bertz CT molecular complexity index is 989. The molecule has 3 rings (SSSR count). The Kier molecular flexibility index (Phi) is 7.57. The van der Waals surface area contributed by atoms with Crippen LogP contribution in [0.25, 0.3) is 17.7 Å². The predicted octanol–water partition coefficient (Wildman–Crippen LogP) is 3.73. The monoisotopic (exact) mass is 412 g/mol. The molecule has 8 nitrogen and oxygen atoms in total. The van der Waals surface area contributed by atoms with Gasteiger partial charge in [0.1, 0.15) is 5.75 Å². The van der Waals surface area contributed by atoms with Crippen LogP contribution in [0.3, 0.4) is 0 Å². The van der Waals surface area contributed by atoms with Gasteiger partial charge in [0.25, 0.3) is 5.91 Å². The molecular formula is C22H24N2O6. The Hall–Kier alpha value is -3.81. The highest BCUT2D eigenvalue weighted by Gasteiger charge is 2.27. The van der Waals surface area contributed by atoms with E-state index in [4.69, 9.17) is 14.9 Å².